The second-order valence-corrected chi connectivity index (χ2v) is 5.42. The maximum atomic E-state index is 12.0. The zero-order valence-corrected chi connectivity index (χ0v) is 12.5. The fourth-order valence-electron chi connectivity index (χ4n) is 2.46. The van der Waals surface area contributed by atoms with E-state index in [0.29, 0.717) is 18.7 Å². The third kappa shape index (κ3) is 4.52. The van der Waals surface area contributed by atoms with Crippen LogP contribution in [-0.2, 0) is 16.0 Å². The molecule has 1 aliphatic heterocycles. The third-order valence-corrected chi connectivity index (χ3v) is 3.72. The van der Waals surface area contributed by atoms with E-state index in [-0.39, 0.29) is 11.8 Å². The lowest BCUT2D eigenvalue weighted by Crippen LogP contribution is -2.44. The van der Waals surface area contributed by atoms with Gasteiger partial charge < -0.3 is 5.32 Å². The second kappa shape index (κ2) is 7.72. The first kappa shape index (κ1) is 15.4. The Hall–Kier alpha value is -1.97. The van der Waals surface area contributed by atoms with Gasteiger partial charge in [0.25, 0.3) is 5.91 Å². The molecule has 0 saturated carbocycles. The Morgan fingerprint density at radius 3 is 2.52 bits per heavy atom. The quantitative estimate of drug-likeness (QED) is 0.619. The molecule has 2 rings (SSSR count). The molecule has 21 heavy (non-hydrogen) atoms. The van der Waals surface area contributed by atoms with Crippen molar-refractivity contribution in [3.8, 4) is 0 Å². The SMILES string of the molecule is CCCCCC1C(=O)N=C(CCc2ccccc2)NC1=O. The van der Waals surface area contributed by atoms with Crippen molar-refractivity contribution in [2.24, 2.45) is 10.9 Å². The van der Waals surface area contributed by atoms with Crippen LogP contribution in [-0.4, -0.2) is 17.6 Å². The summed E-state index contributed by atoms with van der Waals surface area (Å²) in [7, 11) is 0. The van der Waals surface area contributed by atoms with E-state index in [9.17, 15) is 9.59 Å². The van der Waals surface area contributed by atoms with Crippen LogP contribution in [0.4, 0.5) is 0 Å². The van der Waals surface area contributed by atoms with Crippen LogP contribution in [0.2, 0.25) is 0 Å². The van der Waals surface area contributed by atoms with Crippen molar-refractivity contribution in [3.05, 3.63) is 35.9 Å². The summed E-state index contributed by atoms with van der Waals surface area (Å²) < 4.78 is 0. The van der Waals surface area contributed by atoms with Gasteiger partial charge in [0.2, 0.25) is 5.91 Å². The summed E-state index contributed by atoms with van der Waals surface area (Å²) in [5, 5.41) is 2.78. The van der Waals surface area contributed by atoms with E-state index in [1.807, 2.05) is 30.3 Å². The number of carbonyl (C=O) groups is 2. The number of aryl methyl sites for hydroxylation is 1. The normalized spacial score (nSPS) is 18.3. The van der Waals surface area contributed by atoms with Crippen molar-refractivity contribution >= 4 is 17.6 Å². The molecule has 1 atom stereocenters. The van der Waals surface area contributed by atoms with E-state index in [1.165, 1.54) is 5.56 Å². The Labute approximate surface area is 125 Å². The number of nitrogens with one attached hydrogen (secondary N) is 1. The van der Waals surface area contributed by atoms with Gasteiger partial charge in [-0.25, -0.2) is 0 Å². The average molecular weight is 286 g/mol. The van der Waals surface area contributed by atoms with Gasteiger partial charge >= 0.3 is 0 Å². The van der Waals surface area contributed by atoms with Gasteiger partial charge in [0.05, 0.1) is 0 Å². The lowest BCUT2D eigenvalue weighted by molar-refractivity contribution is -0.133. The molecule has 1 N–H and O–H groups in total. The maximum Gasteiger partial charge on any atom is 0.259 e. The summed E-state index contributed by atoms with van der Waals surface area (Å²) in [5.74, 6) is -0.551. The summed E-state index contributed by atoms with van der Waals surface area (Å²) in [6.07, 6.45) is 4.98. The monoisotopic (exact) mass is 286 g/mol. The van der Waals surface area contributed by atoms with Gasteiger partial charge in [-0.3, -0.25) is 9.59 Å². The number of hydrogen-bond donors (Lipinski definition) is 1. The molecule has 1 aliphatic rings. The minimum absolute atomic E-state index is 0.186. The van der Waals surface area contributed by atoms with Crippen molar-refractivity contribution in [1.29, 1.82) is 0 Å². The number of nitrogens with zero attached hydrogens (tertiary/aromatic N) is 1. The Kier molecular flexibility index (Phi) is 5.67. The second-order valence-electron chi connectivity index (χ2n) is 5.42. The van der Waals surface area contributed by atoms with Gasteiger partial charge in [0, 0.05) is 6.42 Å². The average Bonchev–Trinajstić information content (AvgIpc) is 2.49. The highest BCUT2D eigenvalue weighted by molar-refractivity contribution is 6.15. The molecule has 4 heteroatoms. The number of carbonyl (C=O) groups excluding carboxylic acids is 2. The zero-order chi connectivity index (χ0) is 15.1. The fourth-order valence-corrected chi connectivity index (χ4v) is 2.46. The molecule has 1 aromatic carbocycles. The lowest BCUT2D eigenvalue weighted by atomic mass is 9.98. The molecule has 1 unspecified atom stereocenters. The number of unbranched alkanes of at least 4 members (excludes halogenated alkanes) is 2. The van der Waals surface area contributed by atoms with E-state index >= 15 is 0 Å². The van der Waals surface area contributed by atoms with Crippen LogP contribution in [0.1, 0.15) is 44.6 Å². The molecule has 0 saturated heterocycles. The van der Waals surface area contributed by atoms with Crippen LogP contribution in [0.15, 0.2) is 35.3 Å². The maximum absolute atomic E-state index is 12.0. The van der Waals surface area contributed by atoms with E-state index in [0.717, 1.165) is 25.7 Å². The first-order chi connectivity index (χ1) is 10.2. The summed E-state index contributed by atoms with van der Waals surface area (Å²) in [6, 6.07) is 9.98. The van der Waals surface area contributed by atoms with Crippen LogP contribution in [0.25, 0.3) is 0 Å². The fraction of sp³-hybridized carbons (Fsp3) is 0.471. The Morgan fingerprint density at radius 2 is 1.86 bits per heavy atom. The summed E-state index contributed by atoms with van der Waals surface area (Å²) >= 11 is 0. The number of hydrogen-bond acceptors (Lipinski definition) is 2. The number of amidine groups is 1. The van der Waals surface area contributed by atoms with E-state index < -0.39 is 5.92 Å². The van der Waals surface area contributed by atoms with Crippen LogP contribution in [0.3, 0.4) is 0 Å². The van der Waals surface area contributed by atoms with Crippen LogP contribution >= 0.6 is 0 Å². The predicted octanol–water partition coefficient (Wildman–Crippen LogP) is 2.87. The summed E-state index contributed by atoms with van der Waals surface area (Å²) in [5.41, 5.74) is 1.17. The van der Waals surface area contributed by atoms with Crippen molar-refractivity contribution < 1.29 is 9.59 Å². The number of aliphatic imine (C=N–C) groups is 1. The van der Waals surface area contributed by atoms with Crippen molar-refractivity contribution in [1.82, 2.24) is 5.32 Å². The Bertz CT molecular complexity index is 523. The van der Waals surface area contributed by atoms with Crippen LogP contribution in [0.5, 0.6) is 0 Å². The minimum Gasteiger partial charge on any atom is -0.313 e. The molecule has 0 radical (unpaired) electrons. The van der Waals surface area contributed by atoms with Gasteiger partial charge in [-0.05, 0) is 18.4 Å². The topological polar surface area (TPSA) is 58.5 Å². The number of amides is 2. The van der Waals surface area contributed by atoms with E-state index in [4.69, 9.17) is 0 Å². The number of rotatable bonds is 7. The molecular formula is C17H22N2O2. The highest BCUT2D eigenvalue weighted by Crippen LogP contribution is 2.16. The highest BCUT2D eigenvalue weighted by Gasteiger charge is 2.30. The van der Waals surface area contributed by atoms with Crippen LogP contribution in [0, 0.1) is 5.92 Å². The lowest BCUT2D eigenvalue weighted by Gasteiger charge is -2.20. The molecule has 4 nitrogen and oxygen atoms in total. The largest absolute Gasteiger partial charge is 0.313 e. The van der Waals surface area contributed by atoms with Gasteiger partial charge in [-0.2, -0.15) is 4.99 Å². The third-order valence-electron chi connectivity index (χ3n) is 3.72. The summed E-state index contributed by atoms with van der Waals surface area (Å²) in [6.45, 7) is 2.10. The van der Waals surface area contributed by atoms with Gasteiger partial charge in [-0.1, -0.05) is 56.5 Å². The first-order valence-electron chi connectivity index (χ1n) is 7.67. The Balaban J connectivity index is 1.90. The minimum atomic E-state index is -0.586. The van der Waals surface area contributed by atoms with Gasteiger partial charge in [-0.15, -0.1) is 0 Å². The number of benzene rings is 1. The zero-order valence-electron chi connectivity index (χ0n) is 12.5. The molecule has 1 heterocycles. The molecule has 2 amide bonds. The van der Waals surface area contributed by atoms with E-state index in [2.05, 4.69) is 17.2 Å². The van der Waals surface area contributed by atoms with E-state index in [1.54, 1.807) is 0 Å². The summed E-state index contributed by atoms with van der Waals surface area (Å²) in [4.78, 5) is 28.0. The molecular weight excluding hydrogens is 264 g/mol. The van der Waals surface area contributed by atoms with Gasteiger partial charge in [0.1, 0.15) is 11.8 Å². The van der Waals surface area contributed by atoms with Crippen molar-refractivity contribution in [2.75, 3.05) is 0 Å². The highest BCUT2D eigenvalue weighted by atomic mass is 16.2. The molecule has 112 valence electrons. The molecule has 0 aliphatic carbocycles. The standard InChI is InChI=1S/C17H22N2O2/c1-2-3-5-10-14-16(20)18-15(19-17(14)21)12-11-13-8-6-4-7-9-13/h4,6-9,14H,2-3,5,10-12H2,1H3,(H,18,19,20,21). The molecule has 0 aromatic heterocycles. The predicted molar refractivity (Wildman–Crippen MR) is 83.0 cm³/mol. The smallest absolute Gasteiger partial charge is 0.259 e. The molecule has 0 bridgehead atoms. The molecule has 0 spiro atoms. The van der Waals surface area contributed by atoms with Crippen LogP contribution < -0.4 is 5.32 Å². The van der Waals surface area contributed by atoms with Gasteiger partial charge in [0.15, 0.2) is 0 Å². The first-order valence-corrected chi connectivity index (χ1v) is 7.67. The molecule has 1 aromatic rings. The Morgan fingerprint density at radius 1 is 1.10 bits per heavy atom. The van der Waals surface area contributed by atoms with Crippen molar-refractivity contribution in [2.45, 2.75) is 45.4 Å². The van der Waals surface area contributed by atoms with Crippen molar-refractivity contribution in [3.63, 3.8) is 0 Å². The molecule has 0 fully saturated rings.